The molecule has 68 valence electrons. The van der Waals surface area contributed by atoms with E-state index in [-0.39, 0.29) is 24.8 Å². The molecule has 11 heavy (non-hydrogen) atoms. The van der Waals surface area contributed by atoms with E-state index >= 15 is 0 Å². The first-order chi connectivity index (χ1) is 4.30. The maximum absolute atomic E-state index is 4.45. The van der Waals surface area contributed by atoms with Crippen molar-refractivity contribution in [2.24, 2.45) is 10.9 Å². The highest BCUT2D eigenvalue weighted by molar-refractivity contribution is 5.86. The molecule has 0 unspecified atom stereocenters. The predicted octanol–water partition coefficient (Wildman–Crippen LogP) is 3.11. The van der Waals surface area contributed by atoms with Crippen molar-refractivity contribution in [3.63, 3.8) is 0 Å². The minimum atomic E-state index is 0. The molecule has 0 aliphatic carbocycles. The van der Waals surface area contributed by atoms with Crippen LogP contribution in [0.4, 0.5) is 0 Å². The molecule has 3 heteroatoms. The Bertz CT molecular complexity index is 121. The third-order valence-electron chi connectivity index (χ3n) is 1.82. The smallest absolute Gasteiger partial charge is 0.0388 e. The fourth-order valence-electron chi connectivity index (χ4n) is 1.19. The fraction of sp³-hybridized carbons (Fsp3) is 0.875. The van der Waals surface area contributed by atoms with Gasteiger partial charge in [-0.3, -0.25) is 4.99 Å². The largest absolute Gasteiger partial charge is 0.294 e. The summed E-state index contributed by atoms with van der Waals surface area (Å²) in [6.45, 7) is 5.53. The van der Waals surface area contributed by atoms with Crippen LogP contribution in [0.3, 0.4) is 0 Å². The third kappa shape index (κ3) is 4.65. The molecule has 1 nitrogen and oxygen atoms in total. The van der Waals surface area contributed by atoms with Gasteiger partial charge in [0.15, 0.2) is 0 Å². The second-order valence-corrected chi connectivity index (χ2v) is 2.98. The van der Waals surface area contributed by atoms with E-state index in [2.05, 4.69) is 18.8 Å². The maximum atomic E-state index is 4.45. The number of aliphatic imine (C=N–C) groups is 1. The average molecular weight is 198 g/mol. The highest BCUT2D eigenvalue weighted by Gasteiger charge is 2.07. The summed E-state index contributed by atoms with van der Waals surface area (Å²) in [6, 6.07) is 0. The van der Waals surface area contributed by atoms with Crippen LogP contribution in [0.25, 0.3) is 0 Å². The van der Waals surface area contributed by atoms with Gasteiger partial charge in [0.05, 0.1) is 0 Å². The van der Waals surface area contributed by atoms with Crippen LogP contribution < -0.4 is 0 Å². The summed E-state index contributed by atoms with van der Waals surface area (Å²) in [5, 5.41) is 0. The first-order valence-corrected chi connectivity index (χ1v) is 3.84. The van der Waals surface area contributed by atoms with E-state index in [0.717, 1.165) is 6.54 Å². The lowest BCUT2D eigenvalue weighted by atomic mass is 10.00. The molecule has 0 bridgehead atoms. The molecule has 0 N–H and O–H groups in total. The molecule has 0 fully saturated rings. The molecule has 1 aliphatic rings. The Morgan fingerprint density at radius 2 is 1.82 bits per heavy atom. The predicted molar refractivity (Wildman–Crippen MR) is 55.5 cm³/mol. The molecular weight excluding hydrogens is 181 g/mol. The van der Waals surface area contributed by atoms with Crippen molar-refractivity contribution in [2.75, 3.05) is 6.54 Å². The summed E-state index contributed by atoms with van der Waals surface area (Å²) in [5.41, 5.74) is 1.43. The summed E-state index contributed by atoms with van der Waals surface area (Å²) in [7, 11) is 0. The Labute approximate surface area is 81.5 Å². The van der Waals surface area contributed by atoms with E-state index in [0.29, 0.717) is 5.92 Å². The summed E-state index contributed by atoms with van der Waals surface area (Å²) in [5.74, 6) is 0.685. The van der Waals surface area contributed by atoms with Crippen molar-refractivity contribution in [2.45, 2.75) is 33.1 Å². The Hall–Kier alpha value is 0.250. The Morgan fingerprint density at radius 3 is 2.09 bits per heavy atom. The molecular formula is C8H17Cl2N. The first kappa shape index (κ1) is 13.8. The van der Waals surface area contributed by atoms with Gasteiger partial charge in [-0.1, -0.05) is 13.8 Å². The fourth-order valence-corrected chi connectivity index (χ4v) is 1.19. The molecule has 0 saturated carbocycles. The Morgan fingerprint density at radius 1 is 1.18 bits per heavy atom. The van der Waals surface area contributed by atoms with Crippen LogP contribution >= 0.6 is 24.8 Å². The van der Waals surface area contributed by atoms with Crippen molar-refractivity contribution in [3.05, 3.63) is 0 Å². The number of rotatable bonds is 1. The molecule has 1 heterocycles. The third-order valence-corrected chi connectivity index (χ3v) is 1.82. The van der Waals surface area contributed by atoms with Gasteiger partial charge in [0.1, 0.15) is 0 Å². The number of halogens is 2. The summed E-state index contributed by atoms with van der Waals surface area (Å²) in [4.78, 5) is 4.45. The van der Waals surface area contributed by atoms with Crippen molar-refractivity contribution in [1.29, 1.82) is 0 Å². The van der Waals surface area contributed by atoms with E-state index in [1.54, 1.807) is 0 Å². The van der Waals surface area contributed by atoms with Crippen LogP contribution in [0.2, 0.25) is 0 Å². The minimum Gasteiger partial charge on any atom is -0.294 e. The molecule has 0 aromatic carbocycles. The van der Waals surface area contributed by atoms with E-state index in [1.807, 2.05) is 0 Å². The first-order valence-electron chi connectivity index (χ1n) is 3.84. The highest BCUT2D eigenvalue weighted by atomic mass is 35.5. The van der Waals surface area contributed by atoms with Gasteiger partial charge in [0, 0.05) is 12.3 Å². The maximum Gasteiger partial charge on any atom is 0.0388 e. The highest BCUT2D eigenvalue weighted by Crippen LogP contribution is 2.11. The molecule has 1 aliphatic heterocycles. The second-order valence-electron chi connectivity index (χ2n) is 2.98. The van der Waals surface area contributed by atoms with Gasteiger partial charge in [0.2, 0.25) is 0 Å². The van der Waals surface area contributed by atoms with Gasteiger partial charge in [-0.05, 0) is 25.2 Å². The zero-order chi connectivity index (χ0) is 6.69. The monoisotopic (exact) mass is 197 g/mol. The van der Waals surface area contributed by atoms with Crippen LogP contribution in [0.1, 0.15) is 33.1 Å². The zero-order valence-electron chi connectivity index (χ0n) is 7.17. The summed E-state index contributed by atoms with van der Waals surface area (Å²) < 4.78 is 0. The lowest BCUT2D eigenvalue weighted by Crippen LogP contribution is -2.12. The SMILES string of the molecule is CC(C)C1=NCCCC1.Cl.Cl. The topological polar surface area (TPSA) is 12.4 Å². The van der Waals surface area contributed by atoms with Gasteiger partial charge in [-0.25, -0.2) is 0 Å². The molecule has 1 rings (SSSR count). The molecule has 0 aromatic heterocycles. The Balaban J connectivity index is 0. The zero-order valence-corrected chi connectivity index (χ0v) is 8.80. The van der Waals surface area contributed by atoms with Crippen molar-refractivity contribution in [1.82, 2.24) is 0 Å². The summed E-state index contributed by atoms with van der Waals surface area (Å²) in [6.07, 6.45) is 3.91. The Kier molecular flexibility index (Phi) is 8.70. The number of nitrogens with zero attached hydrogens (tertiary/aromatic N) is 1. The quantitative estimate of drug-likeness (QED) is 0.613. The van der Waals surface area contributed by atoms with Gasteiger partial charge in [-0.2, -0.15) is 0 Å². The normalized spacial score (nSPS) is 16.5. The molecule has 0 spiro atoms. The summed E-state index contributed by atoms with van der Waals surface area (Å²) >= 11 is 0. The van der Waals surface area contributed by atoms with E-state index in [1.165, 1.54) is 25.0 Å². The lowest BCUT2D eigenvalue weighted by molar-refractivity contribution is 0.696. The van der Waals surface area contributed by atoms with Gasteiger partial charge >= 0.3 is 0 Å². The van der Waals surface area contributed by atoms with Gasteiger partial charge in [-0.15, -0.1) is 24.8 Å². The van der Waals surface area contributed by atoms with E-state index in [4.69, 9.17) is 0 Å². The standard InChI is InChI=1S/C8H15N.2ClH/c1-7(2)8-5-3-4-6-9-8;;/h7H,3-6H2,1-2H3;2*1H. The van der Waals surface area contributed by atoms with Crippen molar-refractivity contribution >= 4 is 30.5 Å². The molecule has 0 radical (unpaired) electrons. The van der Waals surface area contributed by atoms with E-state index in [9.17, 15) is 0 Å². The van der Waals surface area contributed by atoms with E-state index < -0.39 is 0 Å². The molecule has 0 atom stereocenters. The number of hydrogen-bond acceptors (Lipinski definition) is 1. The average Bonchev–Trinajstić information content (AvgIpc) is 1.90. The van der Waals surface area contributed by atoms with Crippen LogP contribution in [-0.4, -0.2) is 12.3 Å². The van der Waals surface area contributed by atoms with Crippen molar-refractivity contribution in [3.8, 4) is 0 Å². The van der Waals surface area contributed by atoms with Gasteiger partial charge in [0.25, 0.3) is 0 Å². The number of hydrogen-bond donors (Lipinski definition) is 0. The minimum absolute atomic E-state index is 0. The van der Waals surface area contributed by atoms with Crippen LogP contribution in [0, 0.1) is 5.92 Å². The molecule has 0 saturated heterocycles. The van der Waals surface area contributed by atoms with Crippen LogP contribution in [0.15, 0.2) is 4.99 Å². The van der Waals surface area contributed by atoms with Crippen LogP contribution in [0.5, 0.6) is 0 Å². The van der Waals surface area contributed by atoms with Gasteiger partial charge < -0.3 is 0 Å². The van der Waals surface area contributed by atoms with Crippen molar-refractivity contribution < 1.29 is 0 Å². The lowest BCUT2D eigenvalue weighted by Gasteiger charge is -2.13. The second kappa shape index (κ2) is 6.93. The van der Waals surface area contributed by atoms with Crippen LogP contribution in [-0.2, 0) is 0 Å². The molecule has 0 aromatic rings. The molecule has 0 amide bonds.